The summed E-state index contributed by atoms with van der Waals surface area (Å²) in [6.07, 6.45) is -0.664. The van der Waals surface area contributed by atoms with Crippen molar-refractivity contribution in [2.45, 2.75) is 26.9 Å². The second-order valence-corrected chi connectivity index (χ2v) is 6.51. The van der Waals surface area contributed by atoms with Gasteiger partial charge in [0.2, 0.25) is 0 Å². The molecule has 3 rings (SSSR count). The van der Waals surface area contributed by atoms with Crippen molar-refractivity contribution in [3.8, 4) is 11.4 Å². The number of rotatable bonds is 5. The number of nitrogens with one attached hydrogen (secondary N) is 2. The second-order valence-electron chi connectivity index (χ2n) is 6.51. The monoisotopic (exact) mass is 417 g/mol. The van der Waals surface area contributed by atoms with Crippen LogP contribution in [0.1, 0.15) is 22.6 Å². The summed E-state index contributed by atoms with van der Waals surface area (Å²) in [4.78, 5) is 24.2. The van der Waals surface area contributed by atoms with Crippen LogP contribution < -0.4 is 10.9 Å². The number of hydrogen-bond donors (Lipinski definition) is 2. The molecule has 0 saturated carbocycles. The van der Waals surface area contributed by atoms with E-state index in [1.807, 2.05) is 0 Å². The van der Waals surface area contributed by atoms with Crippen LogP contribution in [0.5, 0.6) is 0 Å². The van der Waals surface area contributed by atoms with Crippen molar-refractivity contribution in [1.82, 2.24) is 30.2 Å². The minimum absolute atomic E-state index is 0.110. The Morgan fingerprint density at radius 2 is 1.87 bits per heavy atom. The lowest BCUT2D eigenvalue weighted by atomic mass is 10.1. The number of hydrogen-bond acceptors (Lipinski definition) is 6. The minimum atomic E-state index is -4.46. The van der Waals surface area contributed by atoms with Gasteiger partial charge in [-0.25, -0.2) is 19.6 Å². The molecule has 11 heteroatoms. The number of benzene rings is 1. The maximum Gasteiger partial charge on any atom is 0.416 e. The summed E-state index contributed by atoms with van der Waals surface area (Å²) in [5.74, 6) is 0.613. The summed E-state index contributed by atoms with van der Waals surface area (Å²) in [5, 5.41) is 4.09. The molecule has 8 nitrogen and oxygen atoms in total. The van der Waals surface area contributed by atoms with E-state index in [4.69, 9.17) is 0 Å². The highest BCUT2D eigenvalue weighted by atomic mass is 19.4. The molecular weight excluding hydrogens is 399 g/mol. The highest BCUT2D eigenvalue weighted by Crippen LogP contribution is 2.32. The molecule has 0 radical (unpaired) electrons. The molecule has 0 atom stereocenters. The molecular formula is C19H18F3N7O. The minimum Gasteiger partial charge on any atom is -0.282 e. The number of anilines is 1. The molecule has 0 aliphatic rings. The van der Waals surface area contributed by atoms with Crippen molar-refractivity contribution in [1.29, 1.82) is 0 Å². The predicted octanol–water partition coefficient (Wildman–Crippen LogP) is 3.29. The molecule has 1 amide bonds. The van der Waals surface area contributed by atoms with Gasteiger partial charge < -0.3 is 0 Å². The summed E-state index contributed by atoms with van der Waals surface area (Å²) in [7, 11) is 0. The van der Waals surface area contributed by atoms with E-state index in [2.05, 4.69) is 30.9 Å². The fraction of sp³-hybridized carbons (Fsp3) is 0.211. The number of carbonyl (C=O) groups excluding carboxylic acids is 1. The Morgan fingerprint density at radius 3 is 2.57 bits per heavy atom. The molecule has 3 aromatic rings. The summed E-state index contributed by atoms with van der Waals surface area (Å²) in [5.41, 5.74) is 5.75. The van der Waals surface area contributed by atoms with Gasteiger partial charge >= 0.3 is 6.18 Å². The van der Waals surface area contributed by atoms with Crippen molar-refractivity contribution in [2.75, 3.05) is 5.43 Å². The number of halogens is 3. The van der Waals surface area contributed by atoms with Gasteiger partial charge in [0.25, 0.3) is 5.91 Å². The third kappa shape index (κ3) is 5.40. The van der Waals surface area contributed by atoms with E-state index in [0.29, 0.717) is 17.2 Å². The number of carbonyl (C=O) groups is 1. The number of aryl methyl sites for hydroxylation is 3. The number of amides is 1. The topological polar surface area (TPSA) is 97.6 Å². The average Bonchev–Trinajstić information content (AvgIpc) is 3.12. The lowest BCUT2D eigenvalue weighted by Crippen LogP contribution is -2.28. The van der Waals surface area contributed by atoms with Crippen molar-refractivity contribution in [3.05, 3.63) is 59.3 Å². The maximum atomic E-state index is 13.0. The zero-order chi connectivity index (χ0) is 21.9. The van der Waals surface area contributed by atoms with Crippen LogP contribution in [0.4, 0.5) is 19.0 Å². The first kappa shape index (κ1) is 21.0. The van der Waals surface area contributed by atoms with Crippen molar-refractivity contribution in [3.63, 3.8) is 0 Å². The second kappa shape index (κ2) is 8.31. The van der Waals surface area contributed by atoms with Crippen molar-refractivity contribution >= 4 is 17.9 Å². The molecule has 2 heterocycles. The number of hydrazine groups is 1. The van der Waals surface area contributed by atoms with Gasteiger partial charge in [0.05, 0.1) is 5.56 Å². The van der Waals surface area contributed by atoms with Crippen LogP contribution in [-0.4, -0.2) is 30.6 Å². The standard InChI is InChI=1S/C19H18F3N7O/c1-11-6-14(9-15(7-11)19(20,21)22)18-23-10-29(28-18)5-4-17(30)27-26-16-8-12(2)24-13(3)25-16/h4-10H,1-3H3,(H,27,30)(H,24,25,26)/b5-4-. The van der Waals surface area contributed by atoms with Gasteiger partial charge in [0, 0.05) is 29.6 Å². The van der Waals surface area contributed by atoms with Crippen LogP contribution >= 0.6 is 0 Å². The molecule has 30 heavy (non-hydrogen) atoms. The smallest absolute Gasteiger partial charge is 0.282 e. The first-order valence-electron chi connectivity index (χ1n) is 8.77. The Morgan fingerprint density at radius 1 is 1.10 bits per heavy atom. The Hall–Kier alpha value is -3.76. The first-order chi connectivity index (χ1) is 14.1. The summed E-state index contributed by atoms with van der Waals surface area (Å²) < 4.78 is 40.2. The van der Waals surface area contributed by atoms with Crippen LogP contribution in [0.15, 0.2) is 36.7 Å². The average molecular weight is 417 g/mol. The van der Waals surface area contributed by atoms with Crippen LogP contribution in [-0.2, 0) is 11.0 Å². The highest BCUT2D eigenvalue weighted by molar-refractivity contribution is 5.90. The van der Waals surface area contributed by atoms with Crippen LogP contribution in [0.25, 0.3) is 17.6 Å². The van der Waals surface area contributed by atoms with E-state index in [9.17, 15) is 18.0 Å². The van der Waals surface area contributed by atoms with E-state index >= 15 is 0 Å². The fourth-order valence-corrected chi connectivity index (χ4v) is 2.65. The fourth-order valence-electron chi connectivity index (χ4n) is 2.65. The van der Waals surface area contributed by atoms with Gasteiger partial charge in [0.15, 0.2) is 5.82 Å². The van der Waals surface area contributed by atoms with Crippen LogP contribution in [0.2, 0.25) is 0 Å². The SMILES string of the molecule is Cc1cc(-c2ncn(/C=C\C(=O)NNc3cc(C)nc(C)n3)n2)cc(C(F)(F)F)c1. The Balaban J connectivity index is 1.67. The maximum absolute atomic E-state index is 13.0. The van der Waals surface area contributed by atoms with E-state index in [1.165, 1.54) is 23.3 Å². The Labute approximate surface area is 169 Å². The molecule has 2 N–H and O–H groups in total. The third-order valence-corrected chi connectivity index (χ3v) is 3.83. The summed E-state index contributed by atoms with van der Waals surface area (Å²) >= 11 is 0. The van der Waals surface area contributed by atoms with E-state index in [1.54, 1.807) is 32.9 Å². The van der Waals surface area contributed by atoms with E-state index < -0.39 is 17.6 Å². The molecule has 0 bridgehead atoms. The Bertz CT molecular complexity index is 1090. The normalized spacial score (nSPS) is 11.7. The van der Waals surface area contributed by atoms with Crippen LogP contribution in [0, 0.1) is 20.8 Å². The molecule has 2 aromatic heterocycles. The molecule has 156 valence electrons. The van der Waals surface area contributed by atoms with Crippen molar-refractivity contribution < 1.29 is 18.0 Å². The summed E-state index contributed by atoms with van der Waals surface area (Å²) in [6.45, 7) is 5.09. The third-order valence-electron chi connectivity index (χ3n) is 3.83. The zero-order valence-corrected chi connectivity index (χ0v) is 16.3. The number of alkyl halides is 3. The first-order valence-corrected chi connectivity index (χ1v) is 8.77. The molecule has 0 aliphatic heterocycles. The quantitative estimate of drug-likeness (QED) is 0.488. The lowest BCUT2D eigenvalue weighted by molar-refractivity contribution is -0.137. The van der Waals surface area contributed by atoms with Crippen LogP contribution in [0.3, 0.4) is 0 Å². The Kier molecular flexibility index (Phi) is 5.81. The summed E-state index contributed by atoms with van der Waals surface area (Å²) in [6, 6.07) is 5.26. The molecule has 0 saturated heterocycles. The number of aromatic nitrogens is 5. The lowest BCUT2D eigenvalue weighted by Gasteiger charge is -2.09. The van der Waals surface area contributed by atoms with E-state index in [0.717, 1.165) is 17.8 Å². The molecule has 0 spiro atoms. The number of nitrogens with zero attached hydrogens (tertiary/aromatic N) is 5. The van der Waals surface area contributed by atoms with Gasteiger partial charge in [-0.1, -0.05) is 0 Å². The molecule has 1 aromatic carbocycles. The van der Waals surface area contributed by atoms with E-state index in [-0.39, 0.29) is 11.4 Å². The van der Waals surface area contributed by atoms with Gasteiger partial charge in [-0.15, -0.1) is 5.10 Å². The van der Waals surface area contributed by atoms with Gasteiger partial charge in [0.1, 0.15) is 18.0 Å². The van der Waals surface area contributed by atoms with Gasteiger partial charge in [-0.3, -0.25) is 15.6 Å². The largest absolute Gasteiger partial charge is 0.416 e. The zero-order valence-electron chi connectivity index (χ0n) is 16.3. The molecule has 0 unspecified atom stereocenters. The molecule has 0 aliphatic carbocycles. The molecule has 0 fully saturated rings. The highest BCUT2D eigenvalue weighted by Gasteiger charge is 2.31. The van der Waals surface area contributed by atoms with Gasteiger partial charge in [-0.05, 0) is 44.5 Å². The van der Waals surface area contributed by atoms with Gasteiger partial charge in [-0.2, -0.15) is 13.2 Å². The van der Waals surface area contributed by atoms with Crippen molar-refractivity contribution in [2.24, 2.45) is 0 Å². The predicted molar refractivity (Wildman–Crippen MR) is 104 cm³/mol.